The average Bonchev–Trinajstić information content (AvgIpc) is 3.15. The Morgan fingerprint density at radius 1 is 1.38 bits per heavy atom. The molecule has 140 valence electrons. The fourth-order valence-corrected chi connectivity index (χ4v) is 2.96. The predicted molar refractivity (Wildman–Crippen MR) is 97.5 cm³/mol. The number of rotatable bonds is 7. The summed E-state index contributed by atoms with van der Waals surface area (Å²) in [6, 6.07) is 9.70. The van der Waals surface area contributed by atoms with Crippen LogP contribution in [0, 0.1) is 0 Å². The number of aryl methyl sites for hydroxylation is 1. The molecular formula is C19H26N4O3. The molecule has 1 fully saturated rings. The van der Waals surface area contributed by atoms with Gasteiger partial charge in [0.1, 0.15) is 6.61 Å². The molecule has 1 aromatic heterocycles. The lowest BCUT2D eigenvalue weighted by atomic mass is 10.2. The first kappa shape index (κ1) is 18.4. The Labute approximate surface area is 153 Å². The van der Waals surface area contributed by atoms with E-state index in [0.29, 0.717) is 32.8 Å². The van der Waals surface area contributed by atoms with Crippen molar-refractivity contribution in [3.05, 3.63) is 54.1 Å². The summed E-state index contributed by atoms with van der Waals surface area (Å²) in [7, 11) is 0. The molecule has 0 bridgehead atoms. The standard InChI is InChI=1S/C19H26N4O3/c1-2-22-15-21-11-17(22)10-20-12-18-13-23(8-9-25-18)19(24)26-14-16-6-4-3-5-7-16/h3-7,11,15,18,20H,2,8-10,12-14H2,1H3. The highest BCUT2D eigenvalue weighted by atomic mass is 16.6. The Morgan fingerprint density at radius 2 is 2.23 bits per heavy atom. The first-order chi connectivity index (χ1) is 12.8. The number of carbonyl (C=O) groups is 1. The number of amides is 1. The van der Waals surface area contributed by atoms with Crippen LogP contribution in [0.1, 0.15) is 18.2 Å². The maximum Gasteiger partial charge on any atom is 0.410 e. The van der Waals surface area contributed by atoms with Crippen molar-refractivity contribution in [3.63, 3.8) is 0 Å². The molecule has 1 unspecified atom stereocenters. The van der Waals surface area contributed by atoms with E-state index in [0.717, 1.165) is 24.3 Å². The van der Waals surface area contributed by atoms with E-state index in [1.807, 2.05) is 42.9 Å². The van der Waals surface area contributed by atoms with Crippen LogP contribution >= 0.6 is 0 Å². The summed E-state index contributed by atoms with van der Waals surface area (Å²) >= 11 is 0. The summed E-state index contributed by atoms with van der Waals surface area (Å²) in [5.41, 5.74) is 2.13. The van der Waals surface area contributed by atoms with E-state index in [1.165, 1.54) is 0 Å². The summed E-state index contributed by atoms with van der Waals surface area (Å²) in [4.78, 5) is 18.2. The van der Waals surface area contributed by atoms with E-state index in [2.05, 4.69) is 21.8 Å². The van der Waals surface area contributed by atoms with Gasteiger partial charge in [0, 0.05) is 32.4 Å². The van der Waals surface area contributed by atoms with Gasteiger partial charge in [0.15, 0.2) is 0 Å². The Bertz CT molecular complexity index is 689. The van der Waals surface area contributed by atoms with Crippen LogP contribution in [0.4, 0.5) is 4.79 Å². The van der Waals surface area contributed by atoms with Crippen LogP contribution in [0.25, 0.3) is 0 Å². The minimum Gasteiger partial charge on any atom is -0.445 e. The summed E-state index contributed by atoms with van der Waals surface area (Å²) in [5, 5.41) is 3.38. The van der Waals surface area contributed by atoms with Crippen molar-refractivity contribution in [1.29, 1.82) is 0 Å². The molecule has 1 amide bonds. The number of nitrogens with zero attached hydrogens (tertiary/aromatic N) is 3. The lowest BCUT2D eigenvalue weighted by molar-refractivity contribution is -0.0271. The third-order valence-electron chi connectivity index (χ3n) is 4.42. The second-order valence-electron chi connectivity index (χ2n) is 6.28. The molecule has 0 saturated carbocycles. The van der Waals surface area contributed by atoms with E-state index < -0.39 is 0 Å². The molecule has 1 aromatic carbocycles. The first-order valence-electron chi connectivity index (χ1n) is 9.03. The van der Waals surface area contributed by atoms with Crippen molar-refractivity contribution in [1.82, 2.24) is 19.8 Å². The summed E-state index contributed by atoms with van der Waals surface area (Å²) < 4.78 is 13.3. The number of aromatic nitrogens is 2. The number of morpholine rings is 1. The Kier molecular flexibility index (Phi) is 6.62. The molecule has 7 heteroatoms. The second kappa shape index (κ2) is 9.35. The Morgan fingerprint density at radius 3 is 3.04 bits per heavy atom. The van der Waals surface area contributed by atoms with Gasteiger partial charge in [-0.05, 0) is 12.5 Å². The summed E-state index contributed by atoms with van der Waals surface area (Å²) in [6.45, 7) is 6.32. The zero-order valence-corrected chi connectivity index (χ0v) is 15.1. The van der Waals surface area contributed by atoms with Crippen molar-refractivity contribution in [2.75, 3.05) is 26.2 Å². The molecule has 0 radical (unpaired) electrons. The number of imidazole rings is 1. The van der Waals surface area contributed by atoms with Crippen molar-refractivity contribution < 1.29 is 14.3 Å². The minimum atomic E-state index is -0.286. The molecule has 1 aliphatic heterocycles. The molecule has 26 heavy (non-hydrogen) atoms. The zero-order valence-electron chi connectivity index (χ0n) is 15.1. The maximum absolute atomic E-state index is 12.3. The molecular weight excluding hydrogens is 332 g/mol. The van der Waals surface area contributed by atoms with Gasteiger partial charge >= 0.3 is 6.09 Å². The van der Waals surface area contributed by atoms with Crippen LogP contribution in [0.15, 0.2) is 42.9 Å². The number of hydrogen-bond donors (Lipinski definition) is 1. The maximum atomic E-state index is 12.3. The van der Waals surface area contributed by atoms with E-state index in [4.69, 9.17) is 9.47 Å². The van der Waals surface area contributed by atoms with Crippen molar-refractivity contribution in [3.8, 4) is 0 Å². The van der Waals surface area contributed by atoms with Crippen molar-refractivity contribution in [2.45, 2.75) is 32.7 Å². The van der Waals surface area contributed by atoms with Gasteiger partial charge in [-0.1, -0.05) is 30.3 Å². The number of carbonyl (C=O) groups excluding carboxylic acids is 1. The topological polar surface area (TPSA) is 68.6 Å². The molecule has 1 N–H and O–H groups in total. The van der Waals surface area contributed by atoms with Gasteiger partial charge in [0.2, 0.25) is 0 Å². The molecule has 3 rings (SSSR count). The highest BCUT2D eigenvalue weighted by Gasteiger charge is 2.25. The van der Waals surface area contributed by atoms with Gasteiger partial charge < -0.3 is 24.3 Å². The lowest BCUT2D eigenvalue weighted by Gasteiger charge is -2.32. The highest BCUT2D eigenvalue weighted by molar-refractivity contribution is 5.67. The van der Waals surface area contributed by atoms with Crippen LogP contribution in [-0.2, 0) is 29.2 Å². The molecule has 2 aromatic rings. The van der Waals surface area contributed by atoms with Crippen LogP contribution in [0.5, 0.6) is 0 Å². The predicted octanol–water partition coefficient (Wildman–Crippen LogP) is 2.03. The van der Waals surface area contributed by atoms with Crippen molar-refractivity contribution >= 4 is 6.09 Å². The molecule has 0 spiro atoms. The molecule has 1 saturated heterocycles. The van der Waals surface area contributed by atoms with Gasteiger partial charge in [0.05, 0.1) is 31.3 Å². The van der Waals surface area contributed by atoms with E-state index in [9.17, 15) is 4.79 Å². The molecule has 7 nitrogen and oxygen atoms in total. The van der Waals surface area contributed by atoms with E-state index in [1.54, 1.807) is 4.90 Å². The first-order valence-corrected chi connectivity index (χ1v) is 9.03. The van der Waals surface area contributed by atoms with Crippen LogP contribution in [0.3, 0.4) is 0 Å². The third-order valence-corrected chi connectivity index (χ3v) is 4.42. The minimum absolute atomic E-state index is 0.0361. The zero-order chi connectivity index (χ0) is 18.2. The van der Waals surface area contributed by atoms with Crippen LogP contribution in [0.2, 0.25) is 0 Å². The fourth-order valence-electron chi connectivity index (χ4n) is 2.96. The number of ether oxygens (including phenoxy) is 2. The van der Waals surface area contributed by atoms with E-state index >= 15 is 0 Å². The number of hydrogen-bond acceptors (Lipinski definition) is 5. The van der Waals surface area contributed by atoms with Gasteiger partial charge in [-0.3, -0.25) is 0 Å². The Hall–Kier alpha value is -2.38. The number of nitrogens with one attached hydrogen (secondary N) is 1. The monoisotopic (exact) mass is 358 g/mol. The molecule has 0 aliphatic carbocycles. The SMILES string of the molecule is CCn1cncc1CNCC1CN(C(=O)OCc2ccccc2)CCO1. The van der Waals surface area contributed by atoms with Gasteiger partial charge in [0.25, 0.3) is 0 Å². The van der Waals surface area contributed by atoms with Crippen LogP contribution in [-0.4, -0.2) is 52.9 Å². The highest BCUT2D eigenvalue weighted by Crippen LogP contribution is 2.09. The van der Waals surface area contributed by atoms with Crippen LogP contribution < -0.4 is 5.32 Å². The lowest BCUT2D eigenvalue weighted by Crippen LogP contribution is -2.49. The summed E-state index contributed by atoms with van der Waals surface area (Å²) in [5.74, 6) is 0. The van der Waals surface area contributed by atoms with Gasteiger partial charge in [-0.15, -0.1) is 0 Å². The van der Waals surface area contributed by atoms with E-state index in [-0.39, 0.29) is 12.2 Å². The molecule has 2 heterocycles. The average molecular weight is 358 g/mol. The van der Waals surface area contributed by atoms with Gasteiger partial charge in [-0.25, -0.2) is 9.78 Å². The Balaban J connectivity index is 1.41. The fraction of sp³-hybridized carbons (Fsp3) is 0.474. The molecule has 1 aliphatic rings. The number of benzene rings is 1. The quantitative estimate of drug-likeness (QED) is 0.820. The molecule has 1 atom stereocenters. The van der Waals surface area contributed by atoms with Gasteiger partial charge in [-0.2, -0.15) is 0 Å². The second-order valence-corrected chi connectivity index (χ2v) is 6.28. The van der Waals surface area contributed by atoms with Crippen molar-refractivity contribution in [2.24, 2.45) is 0 Å². The largest absolute Gasteiger partial charge is 0.445 e. The summed E-state index contributed by atoms with van der Waals surface area (Å²) in [6.07, 6.45) is 3.38. The third kappa shape index (κ3) is 5.06. The normalized spacial score (nSPS) is 17.3. The smallest absolute Gasteiger partial charge is 0.410 e.